The summed E-state index contributed by atoms with van der Waals surface area (Å²) >= 11 is 4.21. The van der Waals surface area contributed by atoms with Crippen LogP contribution in [0.25, 0.3) is 0 Å². The van der Waals surface area contributed by atoms with Crippen molar-refractivity contribution < 1.29 is 14.6 Å². The monoisotopic (exact) mass is 228 g/mol. The van der Waals surface area contributed by atoms with Crippen LogP contribution < -0.4 is 9.47 Å². The predicted molar refractivity (Wildman–Crippen MR) is 62.0 cm³/mol. The van der Waals surface area contributed by atoms with E-state index in [1.54, 1.807) is 13.2 Å². The highest BCUT2D eigenvalue weighted by Gasteiger charge is 2.06. The van der Waals surface area contributed by atoms with Gasteiger partial charge in [0.1, 0.15) is 0 Å². The topological polar surface area (TPSA) is 38.7 Å². The Labute approximate surface area is 95.4 Å². The van der Waals surface area contributed by atoms with E-state index in [0.717, 1.165) is 4.90 Å². The average Bonchev–Trinajstić information content (AvgIpc) is 2.26. The number of aliphatic hydroxyl groups is 1. The standard InChI is InChI=1S/C11H16O3S/c1-8(6-12)7-14-10-4-3-9(15)5-11(10)13-2/h3-5,8,12,15H,6-7H2,1-2H3/t8-/m1/s1. The summed E-state index contributed by atoms with van der Waals surface area (Å²) in [6.07, 6.45) is 0. The molecule has 84 valence electrons. The minimum atomic E-state index is 0.116. The smallest absolute Gasteiger partial charge is 0.161 e. The molecule has 1 rings (SSSR count). The molecule has 0 aliphatic carbocycles. The second-order valence-electron chi connectivity index (χ2n) is 3.43. The second kappa shape index (κ2) is 5.88. The molecule has 0 radical (unpaired) electrons. The molecule has 0 amide bonds. The highest BCUT2D eigenvalue weighted by atomic mass is 32.1. The number of hydrogen-bond acceptors (Lipinski definition) is 4. The highest BCUT2D eigenvalue weighted by molar-refractivity contribution is 7.80. The van der Waals surface area contributed by atoms with Gasteiger partial charge in [-0.3, -0.25) is 0 Å². The summed E-state index contributed by atoms with van der Waals surface area (Å²) in [4.78, 5) is 0.828. The number of benzene rings is 1. The van der Waals surface area contributed by atoms with Gasteiger partial charge in [0.05, 0.1) is 13.7 Å². The van der Waals surface area contributed by atoms with Crippen LogP contribution in [0.5, 0.6) is 11.5 Å². The van der Waals surface area contributed by atoms with Crippen molar-refractivity contribution in [3.05, 3.63) is 18.2 Å². The van der Waals surface area contributed by atoms with Crippen molar-refractivity contribution in [3.63, 3.8) is 0 Å². The lowest BCUT2D eigenvalue weighted by Crippen LogP contribution is -2.12. The van der Waals surface area contributed by atoms with Crippen molar-refractivity contribution in [3.8, 4) is 11.5 Å². The Morgan fingerprint density at radius 3 is 2.73 bits per heavy atom. The number of methoxy groups -OCH3 is 1. The largest absolute Gasteiger partial charge is 0.493 e. The minimum absolute atomic E-state index is 0.116. The van der Waals surface area contributed by atoms with Crippen LogP contribution in [0.1, 0.15) is 6.92 Å². The summed E-state index contributed by atoms with van der Waals surface area (Å²) in [5, 5.41) is 8.86. The molecule has 4 heteroatoms. The summed E-state index contributed by atoms with van der Waals surface area (Å²) < 4.78 is 10.7. The summed E-state index contributed by atoms with van der Waals surface area (Å²) in [7, 11) is 1.59. The van der Waals surface area contributed by atoms with Crippen molar-refractivity contribution in [2.75, 3.05) is 20.3 Å². The fourth-order valence-electron chi connectivity index (χ4n) is 1.06. The van der Waals surface area contributed by atoms with Crippen LogP contribution in [0, 0.1) is 5.92 Å². The fraction of sp³-hybridized carbons (Fsp3) is 0.455. The minimum Gasteiger partial charge on any atom is -0.493 e. The van der Waals surface area contributed by atoms with Gasteiger partial charge in [0.15, 0.2) is 11.5 Å². The summed E-state index contributed by atoms with van der Waals surface area (Å²) in [5.74, 6) is 1.45. The van der Waals surface area contributed by atoms with E-state index in [4.69, 9.17) is 14.6 Å². The molecule has 1 atom stereocenters. The van der Waals surface area contributed by atoms with Crippen LogP contribution in [-0.2, 0) is 0 Å². The van der Waals surface area contributed by atoms with Gasteiger partial charge in [0, 0.05) is 17.4 Å². The summed E-state index contributed by atoms with van der Waals surface area (Å²) in [6, 6.07) is 5.44. The molecule has 0 spiro atoms. The van der Waals surface area contributed by atoms with Crippen LogP contribution in [0.15, 0.2) is 23.1 Å². The first-order chi connectivity index (χ1) is 7.17. The van der Waals surface area contributed by atoms with Gasteiger partial charge in [0.25, 0.3) is 0 Å². The zero-order chi connectivity index (χ0) is 11.3. The molecule has 0 aromatic heterocycles. The molecule has 3 nitrogen and oxygen atoms in total. The van der Waals surface area contributed by atoms with E-state index in [2.05, 4.69) is 12.6 Å². The van der Waals surface area contributed by atoms with E-state index in [9.17, 15) is 0 Å². The molecule has 0 aliphatic rings. The Bertz CT molecular complexity index is 315. The van der Waals surface area contributed by atoms with Crippen LogP contribution in [0.4, 0.5) is 0 Å². The van der Waals surface area contributed by atoms with Gasteiger partial charge in [-0.1, -0.05) is 6.92 Å². The highest BCUT2D eigenvalue weighted by Crippen LogP contribution is 2.29. The van der Waals surface area contributed by atoms with E-state index < -0.39 is 0 Å². The number of ether oxygens (including phenoxy) is 2. The third kappa shape index (κ3) is 3.64. The quantitative estimate of drug-likeness (QED) is 0.757. The third-order valence-corrected chi connectivity index (χ3v) is 2.26. The van der Waals surface area contributed by atoms with Crippen molar-refractivity contribution in [2.45, 2.75) is 11.8 Å². The zero-order valence-electron chi connectivity index (χ0n) is 8.93. The number of thiol groups is 1. The van der Waals surface area contributed by atoms with E-state index in [-0.39, 0.29) is 12.5 Å². The number of hydrogen-bond donors (Lipinski definition) is 2. The molecule has 0 saturated heterocycles. The van der Waals surface area contributed by atoms with Gasteiger partial charge < -0.3 is 14.6 Å². The third-order valence-electron chi connectivity index (χ3n) is 1.98. The van der Waals surface area contributed by atoms with E-state index in [1.807, 2.05) is 19.1 Å². The molecule has 0 saturated carbocycles. The Morgan fingerprint density at radius 2 is 2.13 bits per heavy atom. The maximum Gasteiger partial charge on any atom is 0.161 e. The average molecular weight is 228 g/mol. The number of aliphatic hydroxyl groups excluding tert-OH is 1. The molecule has 1 aromatic carbocycles. The zero-order valence-corrected chi connectivity index (χ0v) is 9.83. The lowest BCUT2D eigenvalue weighted by molar-refractivity contribution is 0.171. The molecule has 0 heterocycles. The van der Waals surface area contributed by atoms with E-state index in [1.165, 1.54) is 0 Å². The summed E-state index contributed by atoms with van der Waals surface area (Å²) in [5.41, 5.74) is 0. The Hall–Kier alpha value is -0.870. The maximum absolute atomic E-state index is 8.86. The van der Waals surface area contributed by atoms with Crippen molar-refractivity contribution >= 4 is 12.6 Å². The van der Waals surface area contributed by atoms with Crippen molar-refractivity contribution in [2.24, 2.45) is 5.92 Å². The van der Waals surface area contributed by atoms with Crippen LogP contribution >= 0.6 is 12.6 Å². The van der Waals surface area contributed by atoms with Gasteiger partial charge in [-0.2, -0.15) is 0 Å². The first kappa shape index (κ1) is 12.2. The Morgan fingerprint density at radius 1 is 1.40 bits per heavy atom. The fourth-order valence-corrected chi connectivity index (χ4v) is 1.25. The van der Waals surface area contributed by atoms with Crippen molar-refractivity contribution in [1.82, 2.24) is 0 Å². The van der Waals surface area contributed by atoms with E-state index >= 15 is 0 Å². The molecular weight excluding hydrogens is 212 g/mol. The molecule has 0 aliphatic heterocycles. The number of rotatable bonds is 5. The molecule has 0 unspecified atom stereocenters. The maximum atomic E-state index is 8.86. The lowest BCUT2D eigenvalue weighted by atomic mass is 10.2. The first-order valence-corrected chi connectivity index (χ1v) is 5.22. The predicted octanol–water partition coefficient (Wildman–Crippen LogP) is 1.99. The SMILES string of the molecule is COc1cc(S)ccc1OC[C@H](C)CO. The Kier molecular flexibility index (Phi) is 4.78. The van der Waals surface area contributed by atoms with Crippen LogP contribution in [0.3, 0.4) is 0 Å². The molecule has 15 heavy (non-hydrogen) atoms. The van der Waals surface area contributed by atoms with Gasteiger partial charge in [-0.05, 0) is 18.2 Å². The first-order valence-electron chi connectivity index (χ1n) is 4.78. The normalized spacial score (nSPS) is 12.3. The lowest BCUT2D eigenvalue weighted by Gasteiger charge is -2.13. The molecule has 0 fully saturated rings. The van der Waals surface area contributed by atoms with Crippen molar-refractivity contribution in [1.29, 1.82) is 0 Å². The second-order valence-corrected chi connectivity index (χ2v) is 3.95. The van der Waals surface area contributed by atoms with Gasteiger partial charge in [-0.25, -0.2) is 0 Å². The molecule has 1 aromatic rings. The van der Waals surface area contributed by atoms with E-state index in [0.29, 0.717) is 18.1 Å². The Balaban J connectivity index is 2.67. The van der Waals surface area contributed by atoms with Crippen LogP contribution in [-0.4, -0.2) is 25.4 Å². The van der Waals surface area contributed by atoms with Gasteiger partial charge in [-0.15, -0.1) is 12.6 Å². The van der Waals surface area contributed by atoms with Gasteiger partial charge >= 0.3 is 0 Å². The molecule has 0 bridgehead atoms. The van der Waals surface area contributed by atoms with Gasteiger partial charge in [0.2, 0.25) is 0 Å². The summed E-state index contributed by atoms with van der Waals surface area (Å²) in [6.45, 7) is 2.51. The van der Waals surface area contributed by atoms with Crippen LogP contribution in [0.2, 0.25) is 0 Å². The molecular formula is C11H16O3S. The molecule has 1 N–H and O–H groups in total.